The van der Waals surface area contributed by atoms with E-state index >= 15 is 0 Å². The van der Waals surface area contributed by atoms with E-state index in [-0.39, 0.29) is 23.5 Å². The fourth-order valence-corrected chi connectivity index (χ4v) is 2.01. The number of Topliss-reactive ketones (excluding diaryl/α,β-unsaturated/α-hetero) is 1. The number of benzene rings is 2. The molecule has 0 saturated heterocycles. The van der Waals surface area contributed by atoms with Gasteiger partial charge >= 0.3 is 5.69 Å². The van der Waals surface area contributed by atoms with Crippen LogP contribution in [0.1, 0.15) is 28.4 Å². The summed E-state index contributed by atoms with van der Waals surface area (Å²) in [5, 5.41) is 20.4. The number of ketones is 1. The van der Waals surface area contributed by atoms with Gasteiger partial charge in [-0.25, -0.2) is 0 Å². The minimum atomic E-state index is -0.703. The molecule has 2 aromatic rings. The summed E-state index contributed by atoms with van der Waals surface area (Å²) in [4.78, 5) is 22.0. The van der Waals surface area contributed by atoms with Crippen molar-refractivity contribution in [3.8, 4) is 11.8 Å². The average molecular weight is 296 g/mol. The van der Waals surface area contributed by atoms with Gasteiger partial charge in [0.25, 0.3) is 0 Å². The molecule has 110 valence electrons. The Bertz CT molecular complexity index is 764. The Kier molecular flexibility index (Phi) is 4.49. The number of nitro groups is 1. The number of nitrogens with zero attached hydrogens (tertiary/aromatic N) is 2. The number of hydrogen-bond acceptors (Lipinski definition) is 5. The second kappa shape index (κ2) is 6.50. The molecule has 0 aromatic heterocycles. The molecule has 0 heterocycles. The Balaban J connectivity index is 2.42. The summed E-state index contributed by atoms with van der Waals surface area (Å²) in [5.41, 5.74) is 0.0985. The first-order valence-corrected chi connectivity index (χ1v) is 6.43. The van der Waals surface area contributed by atoms with Crippen molar-refractivity contribution in [1.82, 2.24) is 0 Å². The van der Waals surface area contributed by atoms with Crippen LogP contribution in [-0.4, -0.2) is 10.7 Å². The van der Waals surface area contributed by atoms with E-state index in [1.165, 1.54) is 19.1 Å². The Morgan fingerprint density at radius 3 is 2.50 bits per heavy atom. The largest absolute Gasteiger partial charge is 0.482 e. The standard InChI is InChI=1S/C16H12N2O4/c1-11(19)13-7-8-15(16(18(20)21)14(13)9-17)22-10-12-5-3-2-4-6-12/h2-8H,10H2,1H3. The molecule has 6 heteroatoms. The molecule has 0 unspecified atom stereocenters. The predicted molar refractivity (Wildman–Crippen MR) is 78.6 cm³/mol. The van der Waals surface area contributed by atoms with Crippen LogP contribution in [0.4, 0.5) is 5.69 Å². The van der Waals surface area contributed by atoms with Crippen LogP contribution in [0.3, 0.4) is 0 Å². The van der Waals surface area contributed by atoms with Gasteiger partial charge in [0, 0.05) is 5.56 Å². The summed E-state index contributed by atoms with van der Waals surface area (Å²) < 4.78 is 5.46. The molecule has 0 fully saturated rings. The maximum absolute atomic E-state index is 11.5. The van der Waals surface area contributed by atoms with Crippen LogP contribution >= 0.6 is 0 Å². The van der Waals surface area contributed by atoms with Gasteiger partial charge in [0.2, 0.25) is 0 Å². The molecule has 0 amide bonds. The zero-order chi connectivity index (χ0) is 16.1. The molecular formula is C16H12N2O4. The molecule has 0 saturated carbocycles. The lowest BCUT2D eigenvalue weighted by molar-refractivity contribution is -0.386. The zero-order valence-corrected chi connectivity index (χ0v) is 11.8. The predicted octanol–water partition coefficient (Wildman–Crippen LogP) is 3.25. The van der Waals surface area contributed by atoms with Crippen molar-refractivity contribution in [1.29, 1.82) is 5.26 Å². The molecule has 0 aliphatic heterocycles. The maximum atomic E-state index is 11.5. The molecule has 0 aliphatic rings. The van der Waals surface area contributed by atoms with Crippen LogP contribution < -0.4 is 4.74 Å². The SMILES string of the molecule is CC(=O)c1ccc(OCc2ccccc2)c([N+](=O)[O-])c1C#N. The fraction of sp³-hybridized carbons (Fsp3) is 0.125. The molecule has 0 atom stereocenters. The topological polar surface area (TPSA) is 93.2 Å². The minimum Gasteiger partial charge on any atom is -0.482 e. The summed E-state index contributed by atoms with van der Waals surface area (Å²) in [6, 6.07) is 13.6. The molecule has 2 aromatic carbocycles. The smallest absolute Gasteiger partial charge is 0.329 e. The fourth-order valence-electron chi connectivity index (χ4n) is 2.01. The van der Waals surface area contributed by atoms with Gasteiger partial charge < -0.3 is 4.74 Å². The normalized spacial score (nSPS) is 9.82. The second-order valence-electron chi connectivity index (χ2n) is 4.53. The first kappa shape index (κ1) is 15.2. The third-order valence-corrected chi connectivity index (χ3v) is 3.05. The second-order valence-corrected chi connectivity index (χ2v) is 4.53. The summed E-state index contributed by atoms with van der Waals surface area (Å²) >= 11 is 0. The molecule has 6 nitrogen and oxygen atoms in total. The summed E-state index contributed by atoms with van der Waals surface area (Å²) in [7, 11) is 0. The Morgan fingerprint density at radius 2 is 1.95 bits per heavy atom. The number of nitro benzene ring substituents is 1. The van der Waals surface area contributed by atoms with Gasteiger partial charge in [0.05, 0.1) is 4.92 Å². The molecule has 2 rings (SSSR count). The molecule has 0 bridgehead atoms. The van der Waals surface area contributed by atoms with Crippen molar-refractivity contribution in [2.24, 2.45) is 0 Å². The van der Waals surface area contributed by atoms with Crippen molar-refractivity contribution in [2.75, 3.05) is 0 Å². The number of carbonyl (C=O) groups is 1. The highest BCUT2D eigenvalue weighted by atomic mass is 16.6. The van der Waals surface area contributed by atoms with E-state index in [2.05, 4.69) is 0 Å². The molecular weight excluding hydrogens is 284 g/mol. The van der Waals surface area contributed by atoms with Gasteiger partial charge in [-0.3, -0.25) is 14.9 Å². The van der Waals surface area contributed by atoms with E-state index in [1.807, 2.05) is 30.3 Å². The number of rotatable bonds is 5. The summed E-state index contributed by atoms with van der Waals surface area (Å²) in [6.45, 7) is 1.39. The van der Waals surface area contributed by atoms with Gasteiger partial charge in [-0.2, -0.15) is 5.26 Å². The van der Waals surface area contributed by atoms with E-state index in [0.717, 1.165) is 5.56 Å². The monoisotopic (exact) mass is 296 g/mol. The highest BCUT2D eigenvalue weighted by molar-refractivity contribution is 5.98. The van der Waals surface area contributed by atoms with Crippen LogP contribution in [-0.2, 0) is 6.61 Å². The van der Waals surface area contributed by atoms with Crippen molar-refractivity contribution in [2.45, 2.75) is 13.5 Å². The van der Waals surface area contributed by atoms with Crippen molar-refractivity contribution in [3.05, 3.63) is 69.3 Å². The highest BCUT2D eigenvalue weighted by Crippen LogP contribution is 2.33. The zero-order valence-electron chi connectivity index (χ0n) is 11.8. The minimum absolute atomic E-state index is 0.0151. The van der Waals surface area contributed by atoms with Crippen molar-refractivity contribution in [3.63, 3.8) is 0 Å². The Hall–Kier alpha value is -3.20. The summed E-state index contributed by atoms with van der Waals surface area (Å²) in [6.07, 6.45) is 0. The van der Waals surface area contributed by atoms with E-state index in [9.17, 15) is 14.9 Å². The van der Waals surface area contributed by atoms with Crippen LogP contribution in [0.5, 0.6) is 5.75 Å². The molecule has 0 radical (unpaired) electrons. The van der Waals surface area contributed by atoms with Gasteiger partial charge in [-0.1, -0.05) is 30.3 Å². The number of nitriles is 1. The lowest BCUT2D eigenvalue weighted by atomic mass is 10.0. The first-order chi connectivity index (χ1) is 10.5. The van der Waals surface area contributed by atoms with Crippen LogP contribution in [0.25, 0.3) is 0 Å². The highest BCUT2D eigenvalue weighted by Gasteiger charge is 2.26. The van der Waals surface area contributed by atoms with Gasteiger partial charge in [0.15, 0.2) is 11.5 Å². The lowest BCUT2D eigenvalue weighted by Gasteiger charge is -2.09. The van der Waals surface area contributed by atoms with E-state index < -0.39 is 16.4 Å². The van der Waals surface area contributed by atoms with E-state index in [4.69, 9.17) is 10.00 Å². The Morgan fingerprint density at radius 1 is 1.27 bits per heavy atom. The van der Waals surface area contributed by atoms with Crippen LogP contribution in [0.2, 0.25) is 0 Å². The lowest BCUT2D eigenvalue weighted by Crippen LogP contribution is -2.05. The third kappa shape index (κ3) is 3.10. The molecule has 0 N–H and O–H groups in total. The average Bonchev–Trinajstić information content (AvgIpc) is 2.52. The first-order valence-electron chi connectivity index (χ1n) is 6.43. The van der Waals surface area contributed by atoms with Crippen molar-refractivity contribution >= 4 is 11.5 Å². The molecule has 0 aliphatic carbocycles. The van der Waals surface area contributed by atoms with Crippen molar-refractivity contribution < 1.29 is 14.5 Å². The van der Waals surface area contributed by atoms with E-state index in [0.29, 0.717) is 0 Å². The van der Waals surface area contributed by atoms with E-state index in [1.54, 1.807) is 6.07 Å². The van der Waals surface area contributed by atoms with Gasteiger partial charge in [-0.05, 0) is 24.6 Å². The third-order valence-electron chi connectivity index (χ3n) is 3.05. The van der Waals surface area contributed by atoms with Crippen LogP contribution in [0.15, 0.2) is 42.5 Å². The number of carbonyl (C=O) groups excluding carboxylic acids is 1. The number of hydrogen-bond donors (Lipinski definition) is 0. The van der Waals surface area contributed by atoms with Gasteiger partial charge in [-0.15, -0.1) is 0 Å². The quantitative estimate of drug-likeness (QED) is 0.479. The number of ether oxygens (including phenoxy) is 1. The van der Waals surface area contributed by atoms with Gasteiger partial charge in [0.1, 0.15) is 18.2 Å². The maximum Gasteiger partial charge on any atom is 0.329 e. The Labute approximate surface area is 126 Å². The summed E-state index contributed by atoms with van der Waals surface area (Å²) in [5.74, 6) is -0.440. The molecule has 0 spiro atoms. The van der Waals surface area contributed by atoms with Crippen LogP contribution in [0, 0.1) is 21.4 Å². The molecule has 22 heavy (non-hydrogen) atoms.